The van der Waals surface area contributed by atoms with Crippen LogP contribution in [0.25, 0.3) is 0 Å². The lowest BCUT2D eigenvalue weighted by Crippen LogP contribution is -2.13. The summed E-state index contributed by atoms with van der Waals surface area (Å²) >= 11 is 0. The van der Waals surface area contributed by atoms with Crippen LogP contribution in [-0.4, -0.2) is 16.1 Å². The minimum atomic E-state index is -0.355. The van der Waals surface area contributed by atoms with Gasteiger partial charge in [0.15, 0.2) is 0 Å². The van der Waals surface area contributed by atoms with Gasteiger partial charge in [-0.2, -0.15) is 15.5 Å². The van der Waals surface area contributed by atoms with E-state index in [1.54, 1.807) is 12.1 Å². The van der Waals surface area contributed by atoms with Gasteiger partial charge in [0.25, 0.3) is 5.91 Å². The van der Waals surface area contributed by atoms with Crippen LogP contribution in [0.5, 0.6) is 0 Å². The van der Waals surface area contributed by atoms with E-state index in [0.29, 0.717) is 22.5 Å². The Bertz CT molecular complexity index is 618. The van der Waals surface area contributed by atoms with Crippen LogP contribution in [0.2, 0.25) is 0 Å². The zero-order chi connectivity index (χ0) is 13.0. The van der Waals surface area contributed by atoms with Crippen LogP contribution in [0.15, 0.2) is 36.7 Å². The second-order valence-corrected chi connectivity index (χ2v) is 3.50. The number of hydrogen-bond donors (Lipinski definition) is 2. The number of carbonyl (C=O) groups excluding carboxylic acids is 1. The summed E-state index contributed by atoms with van der Waals surface area (Å²) in [5.41, 5.74) is 7.12. The Morgan fingerprint density at radius 3 is 2.83 bits per heavy atom. The zero-order valence-corrected chi connectivity index (χ0v) is 9.29. The highest BCUT2D eigenvalue weighted by molar-refractivity contribution is 6.04. The molecule has 1 heterocycles. The number of carbonyl (C=O) groups is 1. The fourth-order valence-corrected chi connectivity index (χ4v) is 1.38. The first-order valence-electron chi connectivity index (χ1n) is 5.08. The van der Waals surface area contributed by atoms with E-state index in [1.165, 1.54) is 24.5 Å². The standard InChI is InChI=1S/C12H9N5O/c13-6-9-5-10(14)1-2-11(9)17-12(18)8-3-4-15-16-7-8/h1-5,7H,14H2,(H,17,18). The number of hydrogen-bond acceptors (Lipinski definition) is 5. The number of benzene rings is 1. The second-order valence-electron chi connectivity index (χ2n) is 3.50. The molecule has 1 aromatic carbocycles. The van der Waals surface area contributed by atoms with Crippen molar-refractivity contribution < 1.29 is 4.79 Å². The van der Waals surface area contributed by atoms with Crippen LogP contribution >= 0.6 is 0 Å². The molecule has 0 atom stereocenters. The van der Waals surface area contributed by atoms with Crippen molar-refractivity contribution in [2.24, 2.45) is 0 Å². The second kappa shape index (κ2) is 4.93. The van der Waals surface area contributed by atoms with Gasteiger partial charge < -0.3 is 11.1 Å². The number of nitrogens with two attached hydrogens (primary N) is 1. The van der Waals surface area contributed by atoms with Crippen molar-refractivity contribution >= 4 is 17.3 Å². The van der Waals surface area contributed by atoms with Crippen molar-refractivity contribution in [3.8, 4) is 6.07 Å². The van der Waals surface area contributed by atoms with E-state index in [4.69, 9.17) is 11.0 Å². The lowest BCUT2D eigenvalue weighted by Gasteiger charge is -2.07. The molecule has 0 saturated heterocycles. The highest BCUT2D eigenvalue weighted by atomic mass is 16.1. The number of nitrogen functional groups attached to an aromatic ring is 1. The van der Waals surface area contributed by atoms with E-state index in [0.717, 1.165) is 0 Å². The minimum absolute atomic E-state index is 0.311. The van der Waals surface area contributed by atoms with Gasteiger partial charge >= 0.3 is 0 Å². The van der Waals surface area contributed by atoms with E-state index in [1.807, 2.05) is 6.07 Å². The molecule has 6 nitrogen and oxygen atoms in total. The summed E-state index contributed by atoms with van der Waals surface area (Å²) < 4.78 is 0. The number of nitriles is 1. The van der Waals surface area contributed by atoms with E-state index in [2.05, 4.69) is 15.5 Å². The molecule has 2 aromatic rings. The van der Waals surface area contributed by atoms with Gasteiger partial charge in [-0.1, -0.05) is 0 Å². The summed E-state index contributed by atoms with van der Waals surface area (Å²) in [5.74, 6) is -0.355. The van der Waals surface area contributed by atoms with E-state index in [9.17, 15) is 4.79 Å². The van der Waals surface area contributed by atoms with Gasteiger partial charge in [-0.15, -0.1) is 0 Å². The SMILES string of the molecule is N#Cc1cc(N)ccc1NC(=O)c1ccnnc1. The third kappa shape index (κ3) is 2.41. The largest absolute Gasteiger partial charge is 0.399 e. The number of amides is 1. The highest BCUT2D eigenvalue weighted by Gasteiger charge is 2.09. The number of rotatable bonds is 2. The lowest BCUT2D eigenvalue weighted by molar-refractivity contribution is 0.102. The molecule has 18 heavy (non-hydrogen) atoms. The van der Waals surface area contributed by atoms with Crippen LogP contribution in [0.4, 0.5) is 11.4 Å². The Hall–Kier alpha value is -2.94. The Balaban J connectivity index is 2.25. The maximum atomic E-state index is 11.8. The Morgan fingerprint density at radius 2 is 2.17 bits per heavy atom. The smallest absolute Gasteiger partial charge is 0.257 e. The van der Waals surface area contributed by atoms with E-state index < -0.39 is 0 Å². The van der Waals surface area contributed by atoms with Crippen molar-refractivity contribution in [2.45, 2.75) is 0 Å². The molecule has 0 saturated carbocycles. The Kier molecular flexibility index (Phi) is 3.16. The molecule has 0 aliphatic carbocycles. The van der Waals surface area contributed by atoms with Gasteiger partial charge in [-0.3, -0.25) is 4.79 Å². The van der Waals surface area contributed by atoms with E-state index >= 15 is 0 Å². The summed E-state index contributed by atoms with van der Waals surface area (Å²) in [6, 6.07) is 8.20. The quantitative estimate of drug-likeness (QED) is 0.765. The molecule has 3 N–H and O–H groups in total. The Morgan fingerprint density at radius 1 is 1.33 bits per heavy atom. The van der Waals surface area contributed by atoms with Gasteiger partial charge in [0.05, 0.1) is 29.2 Å². The summed E-state index contributed by atoms with van der Waals surface area (Å²) in [7, 11) is 0. The van der Waals surface area contributed by atoms with Crippen molar-refractivity contribution in [1.29, 1.82) is 5.26 Å². The molecule has 6 heteroatoms. The zero-order valence-electron chi connectivity index (χ0n) is 9.29. The van der Waals surface area contributed by atoms with Crippen molar-refractivity contribution in [2.75, 3.05) is 11.1 Å². The first-order valence-corrected chi connectivity index (χ1v) is 5.08. The third-order valence-electron chi connectivity index (χ3n) is 2.26. The predicted octanol–water partition coefficient (Wildman–Crippen LogP) is 1.18. The van der Waals surface area contributed by atoms with Crippen LogP contribution < -0.4 is 11.1 Å². The van der Waals surface area contributed by atoms with Crippen molar-refractivity contribution in [3.05, 3.63) is 47.8 Å². The first kappa shape index (κ1) is 11.5. The molecule has 0 unspecified atom stereocenters. The molecule has 0 radical (unpaired) electrons. The fourth-order valence-electron chi connectivity index (χ4n) is 1.38. The van der Waals surface area contributed by atoms with E-state index in [-0.39, 0.29) is 5.91 Å². The molecule has 0 aliphatic rings. The van der Waals surface area contributed by atoms with Crippen LogP contribution in [0.3, 0.4) is 0 Å². The number of nitrogens with zero attached hydrogens (tertiary/aromatic N) is 3. The van der Waals surface area contributed by atoms with Gasteiger partial charge in [0, 0.05) is 5.69 Å². The molecular weight excluding hydrogens is 230 g/mol. The molecule has 1 amide bonds. The molecule has 2 rings (SSSR count). The van der Waals surface area contributed by atoms with Crippen LogP contribution in [0.1, 0.15) is 15.9 Å². The van der Waals surface area contributed by atoms with Gasteiger partial charge in [-0.05, 0) is 24.3 Å². The molecule has 1 aromatic heterocycles. The van der Waals surface area contributed by atoms with Crippen molar-refractivity contribution in [1.82, 2.24) is 10.2 Å². The summed E-state index contributed by atoms with van der Waals surface area (Å²) in [6.07, 6.45) is 2.77. The van der Waals surface area contributed by atoms with Gasteiger partial charge in [0.2, 0.25) is 0 Å². The molecule has 0 spiro atoms. The molecule has 88 valence electrons. The average Bonchev–Trinajstić information content (AvgIpc) is 2.41. The summed E-state index contributed by atoms with van der Waals surface area (Å²) in [6.45, 7) is 0. The first-order chi connectivity index (χ1) is 8.70. The third-order valence-corrected chi connectivity index (χ3v) is 2.26. The normalized spacial score (nSPS) is 9.50. The van der Waals surface area contributed by atoms with Crippen molar-refractivity contribution in [3.63, 3.8) is 0 Å². The predicted molar refractivity (Wildman–Crippen MR) is 65.6 cm³/mol. The number of aromatic nitrogens is 2. The summed E-state index contributed by atoms with van der Waals surface area (Å²) in [4.78, 5) is 11.8. The topological polar surface area (TPSA) is 105 Å². The monoisotopic (exact) mass is 239 g/mol. The fraction of sp³-hybridized carbons (Fsp3) is 0. The average molecular weight is 239 g/mol. The van der Waals surface area contributed by atoms with Crippen LogP contribution in [0, 0.1) is 11.3 Å². The summed E-state index contributed by atoms with van der Waals surface area (Å²) in [5, 5.41) is 18.8. The maximum absolute atomic E-state index is 11.8. The Labute approximate surface area is 103 Å². The van der Waals surface area contributed by atoms with Gasteiger partial charge in [0.1, 0.15) is 6.07 Å². The minimum Gasteiger partial charge on any atom is -0.399 e. The van der Waals surface area contributed by atoms with Crippen LogP contribution in [-0.2, 0) is 0 Å². The van der Waals surface area contributed by atoms with Gasteiger partial charge in [-0.25, -0.2) is 0 Å². The lowest BCUT2D eigenvalue weighted by atomic mass is 10.1. The highest BCUT2D eigenvalue weighted by Crippen LogP contribution is 2.18. The maximum Gasteiger partial charge on any atom is 0.257 e. The molecule has 0 aliphatic heterocycles. The molecule has 0 bridgehead atoms. The molecule has 0 fully saturated rings. The number of nitrogens with one attached hydrogen (secondary N) is 1. The number of anilines is 2. The molecular formula is C12H9N5O.